The van der Waals surface area contributed by atoms with Crippen LogP contribution in [-0.2, 0) is 20.7 Å². The molecule has 0 heterocycles. The normalized spacial score (nSPS) is 11.8. The minimum absolute atomic E-state index is 0.129. The Morgan fingerprint density at radius 1 is 0.957 bits per heavy atom. The van der Waals surface area contributed by atoms with Crippen molar-refractivity contribution in [3.8, 4) is 0 Å². The van der Waals surface area contributed by atoms with Gasteiger partial charge in [0.25, 0.3) is 5.91 Å². The smallest absolute Gasteiger partial charge is 0.321 e. The average molecular weight is 340 g/mol. The molecule has 2 aromatic carbocycles. The van der Waals surface area contributed by atoms with Crippen LogP contribution in [0.4, 0.5) is 20.2 Å². The number of carbonyl (C=O) groups excluding carboxylic acids is 1. The quantitative estimate of drug-likeness (QED) is 0.879. The lowest BCUT2D eigenvalue weighted by molar-refractivity contribution is -0.140. The third-order valence-electron chi connectivity index (χ3n) is 2.87. The number of benzene rings is 2. The highest BCUT2D eigenvalue weighted by Crippen LogP contribution is 2.29. The summed E-state index contributed by atoms with van der Waals surface area (Å²) in [6, 6.07) is 12.1. The van der Waals surface area contributed by atoms with E-state index in [1.54, 1.807) is 6.07 Å². The maximum Gasteiger partial charge on any atom is 0.350 e. The molecule has 5 nitrogen and oxygen atoms in total. The van der Waals surface area contributed by atoms with Gasteiger partial charge >= 0.3 is 5.92 Å². The summed E-state index contributed by atoms with van der Waals surface area (Å²) in [7, 11) is -3.43. The molecule has 8 heteroatoms. The van der Waals surface area contributed by atoms with E-state index < -0.39 is 27.4 Å². The van der Waals surface area contributed by atoms with Crippen molar-refractivity contribution in [2.45, 2.75) is 5.92 Å². The van der Waals surface area contributed by atoms with Crippen molar-refractivity contribution in [2.75, 3.05) is 16.3 Å². The molecule has 0 bridgehead atoms. The van der Waals surface area contributed by atoms with E-state index in [1.165, 1.54) is 48.5 Å². The predicted molar refractivity (Wildman–Crippen MR) is 83.9 cm³/mol. The molecule has 0 saturated heterocycles. The molecule has 1 amide bonds. The first-order valence-electron chi connectivity index (χ1n) is 6.51. The van der Waals surface area contributed by atoms with Crippen LogP contribution in [-0.4, -0.2) is 20.6 Å². The van der Waals surface area contributed by atoms with Crippen molar-refractivity contribution < 1.29 is 22.0 Å². The summed E-state index contributed by atoms with van der Waals surface area (Å²) >= 11 is 0. The molecule has 0 aliphatic carbocycles. The van der Waals surface area contributed by atoms with Crippen LogP contribution in [0.2, 0.25) is 0 Å². The lowest BCUT2D eigenvalue weighted by Crippen LogP contribution is -2.32. The summed E-state index contributed by atoms with van der Waals surface area (Å²) in [6.07, 6.45) is 0.989. The Balaban J connectivity index is 2.11. The van der Waals surface area contributed by atoms with Gasteiger partial charge in [-0.05, 0) is 24.3 Å². The molecule has 122 valence electrons. The van der Waals surface area contributed by atoms with Crippen LogP contribution < -0.4 is 10.0 Å². The number of anilines is 2. The molecule has 0 aliphatic rings. The summed E-state index contributed by atoms with van der Waals surface area (Å²) in [5.41, 5.74) is -0.0159. The zero-order valence-corrected chi connectivity index (χ0v) is 12.9. The number of sulfonamides is 1. The largest absolute Gasteiger partial charge is 0.350 e. The molecule has 0 saturated carbocycles. The Labute approximate surface area is 132 Å². The van der Waals surface area contributed by atoms with Gasteiger partial charge in [0.05, 0.1) is 6.26 Å². The lowest BCUT2D eigenvalue weighted by Gasteiger charge is -2.16. The van der Waals surface area contributed by atoms with E-state index in [1.807, 2.05) is 0 Å². The zero-order chi connectivity index (χ0) is 17.1. The SMILES string of the molecule is CS(=O)(=O)Nc1ccc(NC(=O)C(F)(F)c2ccccc2)cc1. The molecule has 0 aromatic heterocycles. The van der Waals surface area contributed by atoms with Crippen LogP contribution in [0.3, 0.4) is 0 Å². The highest BCUT2D eigenvalue weighted by Gasteiger charge is 2.40. The number of hydrogen-bond donors (Lipinski definition) is 2. The van der Waals surface area contributed by atoms with Crippen molar-refractivity contribution in [3.05, 3.63) is 60.2 Å². The van der Waals surface area contributed by atoms with E-state index in [0.717, 1.165) is 6.26 Å². The maximum atomic E-state index is 14.0. The fourth-order valence-corrected chi connectivity index (χ4v) is 2.39. The van der Waals surface area contributed by atoms with Crippen molar-refractivity contribution in [3.63, 3.8) is 0 Å². The molecular formula is C15H14F2N2O3S. The number of hydrogen-bond acceptors (Lipinski definition) is 3. The van der Waals surface area contributed by atoms with E-state index in [2.05, 4.69) is 10.0 Å². The fraction of sp³-hybridized carbons (Fsp3) is 0.133. The highest BCUT2D eigenvalue weighted by atomic mass is 32.2. The number of carbonyl (C=O) groups is 1. The van der Waals surface area contributed by atoms with Crippen LogP contribution in [0.25, 0.3) is 0 Å². The molecule has 0 unspecified atom stereocenters. The number of rotatable bonds is 5. The second-order valence-electron chi connectivity index (χ2n) is 4.85. The van der Waals surface area contributed by atoms with Gasteiger partial charge in [0, 0.05) is 16.9 Å². The van der Waals surface area contributed by atoms with Crippen molar-refractivity contribution in [1.29, 1.82) is 0 Å². The Morgan fingerprint density at radius 2 is 1.48 bits per heavy atom. The van der Waals surface area contributed by atoms with E-state index in [4.69, 9.17) is 0 Å². The average Bonchev–Trinajstić information content (AvgIpc) is 2.48. The molecule has 2 N–H and O–H groups in total. The second-order valence-corrected chi connectivity index (χ2v) is 6.59. The first-order valence-corrected chi connectivity index (χ1v) is 8.40. The molecule has 0 aliphatic heterocycles. The molecule has 23 heavy (non-hydrogen) atoms. The monoisotopic (exact) mass is 340 g/mol. The number of halogens is 2. The Hall–Kier alpha value is -2.48. The van der Waals surface area contributed by atoms with Crippen molar-refractivity contribution in [2.24, 2.45) is 0 Å². The first-order chi connectivity index (χ1) is 10.7. The zero-order valence-electron chi connectivity index (χ0n) is 12.1. The van der Waals surface area contributed by atoms with Gasteiger partial charge in [0.15, 0.2) is 0 Å². The van der Waals surface area contributed by atoms with E-state index >= 15 is 0 Å². The molecule has 0 fully saturated rings. The van der Waals surface area contributed by atoms with E-state index in [-0.39, 0.29) is 11.4 Å². The predicted octanol–water partition coefficient (Wildman–Crippen LogP) is 2.79. The number of amides is 1. The first kappa shape index (κ1) is 16.9. The minimum Gasteiger partial charge on any atom is -0.321 e. The summed E-state index contributed by atoms with van der Waals surface area (Å²) < 4.78 is 52.4. The number of alkyl halides is 2. The molecular weight excluding hydrogens is 326 g/mol. The topological polar surface area (TPSA) is 75.3 Å². The molecule has 2 aromatic rings. The van der Waals surface area contributed by atoms with Gasteiger partial charge in [0.2, 0.25) is 10.0 Å². The van der Waals surface area contributed by atoms with Crippen LogP contribution in [0, 0.1) is 0 Å². The van der Waals surface area contributed by atoms with Crippen LogP contribution in [0.15, 0.2) is 54.6 Å². The van der Waals surface area contributed by atoms with Gasteiger partial charge in [-0.1, -0.05) is 30.3 Å². The van der Waals surface area contributed by atoms with Crippen molar-refractivity contribution in [1.82, 2.24) is 0 Å². The highest BCUT2D eigenvalue weighted by molar-refractivity contribution is 7.92. The minimum atomic E-state index is -3.68. The Kier molecular flexibility index (Phi) is 4.65. The van der Waals surface area contributed by atoms with Crippen LogP contribution in [0.5, 0.6) is 0 Å². The standard InChI is InChI=1S/C15H14F2N2O3S/c1-23(21,22)19-13-9-7-12(8-10-13)18-14(20)15(16,17)11-5-3-2-4-6-11/h2-10,19H,1H3,(H,18,20). The van der Waals surface area contributed by atoms with Gasteiger partial charge in [-0.3, -0.25) is 9.52 Å². The summed E-state index contributed by atoms with van der Waals surface area (Å²) in [5, 5.41) is 2.10. The summed E-state index contributed by atoms with van der Waals surface area (Å²) in [5.74, 6) is -5.14. The lowest BCUT2D eigenvalue weighted by atomic mass is 10.1. The van der Waals surface area contributed by atoms with Gasteiger partial charge in [0.1, 0.15) is 0 Å². The molecule has 2 rings (SSSR count). The molecule has 0 radical (unpaired) electrons. The van der Waals surface area contributed by atoms with Crippen molar-refractivity contribution >= 4 is 27.3 Å². The van der Waals surface area contributed by atoms with Crippen LogP contribution >= 0.6 is 0 Å². The van der Waals surface area contributed by atoms with E-state index in [9.17, 15) is 22.0 Å². The third-order valence-corrected chi connectivity index (χ3v) is 3.47. The van der Waals surface area contributed by atoms with E-state index in [0.29, 0.717) is 0 Å². The van der Waals surface area contributed by atoms with Gasteiger partial charge in [-0.2, -0.15) is 8.78 Å². The Bertz CT molecular complexity index is 791. The maximum absolute atomic E-state index is 14.0. The summed E-state index contributed by atoms with van der Waals surface area (Å²) in [6.45, 7) is 0. The second kappa shape index (κ2) is 6.33. The summed E-state index contributed by atoms with van der Waals surface area (Å²) in [4.78, 5) is 11.8. The molecule has 0 atom stereocenters. The Morgan fingerprint density at radius 3 is 2.00 bits per heavy atom. The number of nitrogens with one attached hydrogen (secondary N) is 2. The van der Waals surface area contributed by atoms with Gasteiger partial charge in [-0.25, -0.2) is 8.42 Å². The van der Waals surface area contributed by atoms with Gasteiger partial charge in [-0.15, -0.1) is 0 Å². The third kappa shape index (κ3) is 4.49. The van der Waals surface area contributed by atoms with Gasteiger partial charge < -0.3 is 5.32 Å². The molecule has 0 spiro atoms. The van der Waals surface area contributed by atoms with Crippen LogP contribution in [0.1, 0.15) is 5.56 Å². The fourth-order valence-electron chi connectivity index (χ4n) is 1.82.